The summed E-state index contributed by atoms with van der Waals surface area (Å²) in [6.07, 6.45) is 1.57. The van der Waals surface area contributed by atoms with E-state index in [0.717, 1.165) is 4.47 Å². The normalized spacial score (nSPS) is 10.6. The van der Waals surface area contributed by atoms with Crippen molar-refractivity contribution < 1.29 is 23.0 Å². The third-order valence-corrected chi connectivity index (χ3v) is 3.65. The zero-order valence-electron chi connectivity index (χ0n) is 13.0. The van der Waals surface area contributed by atoms with Gasteiger partial charge >= 0.3 is 6.61 Å². The highest BCUT2D eigenvalue weighted by Crippen LogP contribution is 2.30. The Bertz CT molecular complexity index is 711. The van der Waals surface area contributed by atoms with Gasteiger partial charge in [0.2, 0.25) is 0 Å². The summed E-state index contributed by atoms with van der Waals surface area (Å²) in [5.74, 6) is 0.00164. The topological polar surface area (TPSA) is 51.7 Å². The molecule has 0 radical (unpaired) electrons. The number of carbonyl (C=O) groups excluding carboxylic acids is 1. The fourth-order valence-corrected chi connectivity index (χ4v) is 2.33. The Hall–Kier alpha value is -2.22. The predicted molar refractivity (Wildman–Crippen MR) is 88.9 cm³/mol. The molecule has 1 aromatic carbocycles. The Kier molecular flexibility index (Phi) is 6.08. The quantitative estimate of drug-likeness (QED) is 0.731. The predicted octanol–water partition coefficient (Wildman–Crippen LogP) is 4.12. The molecule has 0 aliphatic rings. The average molecular weight is 401 g/mol. The molecule has 2 rings (SSSR count). The highest BCUT2D eigenvalue weighted by Gasteiger charge is 2.20. The monoisotopic (exact) mass is 400 g/mol. The van der Waals surface area contributed by atoms with Gasteiger partial charge in [0.05, 0.1) is 7.11 Å². The number of alkyl halides is 2. The second kappa shape index (κ2) is 8.05. The third-order valence-electron chi connectivity index (χ3n) is 3.18. The first kappa shape index (κ1) is 18.1. The molecule has 128 valence electrons. The number of carbonyl (C=O) groups is 1. The van der Waals surface area contributed by atoms with Crippen molar-refractivity contribution in [2.75, 3.05) is 18.6 Å². The molecule has 5 nitrogen and oxygen atoms in total. The van der Waals surface area contributed by atoms with Crippen LogP contribution in [0.2, 0.25) is 0 Å². The lowest BCUT2D eigenvalue weighted by molar-refractivity contribution is -0.0512. The SMILES string of the molecule is CCN(C(=O)c1ccc(OC)c(OC(F)F)c1)c1ccc(Br)cn1. The molecule has 0 aliphatic carbocycles. The van der Waals surface area contributed by atoms with E-state index in [4.69, 9.17) is 4.74 Å². The van der Waals surface area contributed by atoms with E-state index in [-0.39, 0.29) is 23.0 Å². The summed E-state index contributed by atoms with van der Waals surface area (Å²) in [6.45, 7) is -0.855. The van der Waals surface area contributed by atoms with Crippen molar-refractivity contribution in [1.82, 2.24) is 4.98 Å². The van der Waals surface area contributed by atoms with Crippen LogP contribution in [0.1, 0.15) is 17.3 Å². The lowest BCUT2D eigenvalue weighted by Crippen LogP contribution is -2.31. The Morgan fingerprint density at radius 3 is 2.58 bits per heavy atom. The molecule has 1 heterocycles. The van der Waals surface area contributed by atoms with Gasteiger partial charge in [-0.15, -0.1) is 0 Å². The fourth-order valence-electron chi connectivity index (χ4n) is 2.09. The number of amides is 1. The van der Waals surface area contributed by atoms with Gasteiger partial charge in [0.1, 0.15) is 5.82 Å². The molecule has 0 saturated carbocycles. The maximum absolute atomic E-state index is 12.7. The molecule has 0 atom stereocenters. The van der Waals surface area contributed by atoms with Crippen LogP contribution in [-0.2, 0) is 0 Å². The molecular weight excluding hydrogens is 386 g/mol. The zero-order valence-corrected chi connectivity index (χ0v) is 14.6. The molecule has 0 N–H and O–H groups in total. The molecule has 24 heavy (non-hydrogen) atoms. The lowest BCUT2D eigenvalue weighted by atomic mass is 10.1. The van der Waals surface area contributed by atoms with Crippen molar-refractivity contribution in [1.29, 1.82) is 0 Å². The number of pyridine rings is 1. The first-order valence-electron chi connectivity index (χ1n) is 7.02. The van der Waals surface area contributed by atoms with Crippen LogP contribution >= 0.6 is 15.9 Å². The van der Waals surface area contributed by atoms with Gasteiger partial charge in [-0.05, 0) is 53.2 Å². The lowest BCUT2D eigenvalue weighted by Gasteiger charge is -2.20. The number of aromatic nitrogens is 1. The number of hydrogen-bond acceptors (Lipinski definition) is 4. The van der Waals surface area contributed by atoms with Crippen LogP contribution in [0.4, 0.5) is 14.6 Å². The summed E-state index contributed by atoms with van der Waals surface area (Å²) in [6, 6.07) is 7.58. The van der Waals surface area contributed by atoms with Gasteiger partial charge in [0.15, 0.2) is 11.5 Å². The van der Waals surface area contributed by atoms with Crippen LogP contribution in [0.15, 0.2) is 41.0 Å². The standard InChI is InChI=1S/C16H15BrF2N2O3/c1-3-21(14-7-5-11(17)9-20-14)15(22)10-4-6-12(23-2)13(8-10)24-16(18)19/h4-9,16H,3H2,1-2H3. The first-order chi connectivity index (χ1) is 11.5. The summed E-state index contributed by atoms with van der Waals surface area (Å²) in [5, 5.41) is 0. The second-order valence-electron chi connectivity index (χ2n) is 4.63. The number of ether oxygens (including phenoxy) is 2. The maximum atomic E-state index is 12.7. The van der Waals surface area contributed by atoms with Gasteiger partial charge in [-0.1, -0.05) is 0 Å². The Balaban J connectivity index is 2.34. The number of benzene rings is 1. The minimum absolute atomic E-state index is 0.122. The molecule has 8 heteroatoms. The van der Waals surface area contributed by atoms with Gasteiger partial charge < -0.3 is 9.47 Å². The van der Waals surface area contributed by atoms with Gasteiger partial charge in [0, 0.05) is 22.8 Å². The number of anilines is 1. The molecule has 0 saturated heterocycles. The van der Waals surface area contributed by atoms with Crippen LogP contribution in [0.25, 0.3) is 0 Å². The van der Waals surface area contributed by atoms with Crippen molar-refractivity contribution >= 4 is 27.7 Å². The van der Waals surface area contributed by atoms with E-state index in [1.807, 2.05) is 0 Å². The van der Waals surface area contributed by atoms with E-state index in [0.29, 0.717) is 12.4 Å². The molecule has 1 amide bonds. The van der Waals surface area contributed by atoms with Gasteiger partial charge in [-0.25, -0.2) is 4.98 Å². The molecule has 0 fully saturated rings. The van der Waals surface area contributed by atoms with Crippen LogP contribution in [0.5, 0.6) is 11.5 Å². The van der Waals surface area contributed by atoms with E-state index in [9.17, 15) is 13.6 Å². The zero-order chi connectivity index (χ0) is 17.7. The van der Waals surface area contributed by atoms with Gasteiger partial charge in [-0.2, -0.15) is 8.78 Å². The summed E-state index contributed by atoms with van der Waals surface area (Å²) < 4.78 is 35.2. The minimum Gasteiger partial charge on any atom is -0.493 e. The van der Waals surface area contributed by atoms with Crippen LogP contribution in [-0.4, -0.2) is 31.2 Å². The second-order valence-corrected chi connectivity index (χ2v) is 5.54. The van der Waals surface area contributed by atoms with E-state index in [2.05, 4.69) is 25.7 Å². The number of methoxy groups -OCH3 is 1. The molecular formula is C16H15BrF2N2O3. The largest absolute Gasteiger partial charge is 0.493 e. The van der Waals surface area contributed by atoms with Gasteiger partial charge in [0.25, 0.3) is 5.91 Å². The smallest absolute Gasteiger partial charge is 0.387 e. The van der Waals surface area contributed by atoms with Crippen molar-refractivity contribution in [3.63, 3.8) is 0 Å². The van der Waals surface area contributed by atoms with Crippen LogP contribution in [0.3, 0.4) is 0 Å². The van der Waals surface area contributed by atoms with Crippen LogP contribution in [0, 0.1) is 0 Å². The highest BCUT2D eigenvalue weighted by molar-refractivity contribution is 9.10. The number of rotatable bonds is 6. The fraction of sp³-hybridized carbons (Fsp3) is 0.250. The van der Waals surface area contributed by atoms with Crippen LogP contribution < -0.4 is 14.4 Å². The summed E-state index contributed by atoms with van der Waals surface area (Å²) in [7, 11) is 1.33. The number of hydrogen-bond donors (Lipinski definition) is 0. The maximum Gasteiger partial charge on any atom is 0.387 e. The molecule has 1 aromatic heterocycles. The summed E-state index contributed by atoms with van der Waals surface area (Å²) in [4.78, 5) is 18.3. The Labute approximate surface area is 146 Å². The number of halogens is 3. The minimum atomic E-state index is -3.01. The molecule has 0 aliphatic heterocycles. The van der Waals surface area contributed by atoms with E-state index in [1.54, 1.807) is 25.3 Å². The van der Waals surface area contributed by atoms with Crippen molar-refractivity contribution in [2.45, 2.75) is 13.5 Å². The summed E-state index contributed by atoms with van der Waals surface area (Å²) >= 11 is 3.28. The molecule has 2 aromatic rings. The van der Waals surface area contributed by atoms with E-state index >= 15 is 0 Å². The highest BCUT2D eigenvalue weighted by atomic mass is 79.9. The van der Waals surface area contributed by atoms with Crippen molar-refractivity contribution in [3.05, 3.63) is 46.6 Å². The van der Waals surface area contributed by atoms with E-state index in [1.165, 1.54) is 30.2 Å². The number of nitrogens with zero attached hydrogens (tertiary/aromatic N) is 2. The summed E-state index contributed by atoms with van der Waals surface area (Å²) in [5.41, 5.74) is 0.193. The first-order valence-corrected chi connectivity index (χ1v) is 7.81. The molecule has 0 bridgehead atoms. The van der Waals surface area contributed by atoms with Crippen molar-refractivity contribution in [2.24, 2.45) is 0 Å². The van der Waals surface area contributed by atoms with E-state index < -0.39 is 6.61 Å². The Morgan fingerprint density at radius 1 is 1.29 bits per heavy atom. The van der Waals surface area contributed by atoms with Gasteiger partial charge in [-0.3, -0.25) is 9.69 Å². The Morgan fingerprint density at radius 2 is 2.04 bits per heavy atom. The molecule has 0 spiro atoms. The molecule has 0 unspecified atom stereocenters. The average Bonchev–Trinajstić information content (AvgIpc) is 2.56. The van der Waals surface area contributed by atoms with Crippen molar-refractivity contribution in [3.8, 4) is 11.5 Å². The third kappa shape index (κ3) is 4.19.